The average molecular weight is 256 g/mol. The molecule has 4 nitrogen and oxygen atoms in total. The maximum Gasteiger partial charge on any atom is 0.163 e. The summed E-state index contributed by atoms with van der Waals surface area (Å²) in [5, 5.41) is 9.97. The molecular weight excluding hydrogens is 236 g/mol. The van der Waals surface area contributed by atoms with E-state index in [2.05, 4.69) is 39.0 Å². The quantitative estimate of drug-likeness (QED) is 0.828. The Hall–Kier alpha value is -1.42. The molecule has 4 rings (SSSR count). The first-order chi connectivity index (χ1) is 9.33. The van der Waals surface area contributed by atoms with Crippen LogP contribution in [0.5, 0.6) is 0 Å². The van der Waals surface area contributed by atoms with Crippen LogP contribution in [0, 0.1) is 0 Å². The summed E-state index contributed by atoms with van der Waals surface area (Å²) in [7, 11) is 2.21. The summed E-state index contributed by atoms with van der Waals surface area (Å²) in [4.78, 5) is 2.41. The van der Waals surface area contributed by atoms with E-state index < -0.39 is 0 Å². The standard InChI is InChI=1S/C15H20N4/c1-18-7-2-3-12(10-18)19-8-6-13-14(11-4-5-11)9-16-17-15(13)19/h6,8-9,11-12H,2-5,7,10H2,1H3/t12-/m1/s1. The van der Waals surface area contributed by atoms with Gasteiger partial charge in [-0.25, -0.2) is 0 Å². The molecule has 0 spiro atoms. The van der Waals surface area contributed by atoms with Gasteiger partial charge in [0.25, 0.3) is 0 Å². The monoisotopic (exact) mass is 256 g/mol. The number of piperidine rings is 1. The Bertz CT molecular complexity index is 599. The Morgan fingerprint density at radius 3 is 2.95 bits per heavy atom. The van der Waals surface area contributed by atoms with Gasteiger partial charge in [0.05, 0.1) is 6.20 Å². The van der Waals surface area contributed by atoms with E-state index in [0.29, 0.717) is 6.04 Å². The minimum absolute atomic E-state index is 0.556. The van der Waals surface area contributed by atoms with E-state index in [1.165, 1.54) is 43.2 Å². The fourth-order valence-corrected chi connectivity index (χ4v) is 3.37. The van der Waals surface area contributed by atoms with E-state index in [1.807, 2.05) is 6.20 Å². The van der Waals surface area contributed by atoms with Gasteiger partial charge in [-0.3, -0.25) is 0 Å². The molecule has 0 aromatic carbocycles. The highest BCUT2D eigenvalue weighted by Crippen LogP contribution is 2.42. The van der Waals surface area contributed by atoms with Gasteiger partial charge in [-0.1, -0.05) is 0 Å². The first-order valence-corrected chi connectivity index (χ1v) is 7.33. The van der Waals surface area contributed by atoms with Gasteiger partial charge >= 0.3 is 0 Å². The van der Waals surface area contributed by atoms with E-state index >= 15 is 0 Å². The van der Waals surface area contributed by atoms with E-state index in [9.17, 15) is 0 Å². The SMILES string of the molecule is CN1CCC[C@@H](n2ccc3c(C4CC4)cnnc32)C1. The molecule has 0 N–H and O–H groups in total. The molecule has 0 unspecified atom stereocenters. The summed E-state index contributed by atoms with van der Waals surface area (Å²) in [6.07, 6.45) is 9.35. The second-order valence-corrected chi connectivity index (χ2v) is 6.09. The Morgan fingerprint density at radius 1 is 1.26 bits per heavy atom. The molecule has 2 fully saturated rings. The largest absolute Gasteiger partial charge is 0.327 e. The minimum Gasteiger partial charge on any atom is -0.327 e. The van der Waals surface area contributed by atoms with Gasteiger partial charge in [-0.2, -0.15) is 5.10 Å². The van der Waals surface area contributed by atoms with Crippen LogP contribution in [0.1, 0.15) is 43.2 Å². The van der Waals surface area contributed by atoms with Crippen molar-refractivity contribution in [1.29, 1.82) is 0 Å². The van der Waals surface area contributed by atoms with Crippen molar-refractivity contribution in [2.45, 2.75) is 37.6 Å². The average Bonchev–Trinajstić information content (AvgIpc) is 3.17. The lowest BCUT2D eigenvalue weighted by molar-refractivity contribution is 0.214. The summed E-state index contributed by atoms with van der Waals surface area (Å²) in [6, 6.07) is 2.80. The van der Waals surface area contributed by atoms with Crippen molar-refractivity contribution in [3.63, 3.8) is 0 Å². The van der Waals surface area contributed by atoms with E-state index in [-0.39, 0.29) is 0 Å². The van der Waals surface area contributed by atoms with E-state index in [0.717, 1.165) is 18.1 Å². The molecule has 2 aromatic rings. The highest BCUT2D eigenvalue weighted by Gasteiger charge is 2.28. The molecule has 100 valence electrons. The number of aromatic nitrogens is 3. The zero-order valence-corrected chi connectivity index (χ0v) is 11.4. The molecule has 1 saturated carbocycles. The predicted molar refractivity (Wildman–Crippen MR) is 75.3 cm³/mol. The number of fused-ring (bicyclic) bond motifs is 1. The number of hydrogen-bond acceptors (Lipinski definition) is 3. The van der Waals surface area contributed by atoms with Gasteiger partial charge in [0.2, 0.25) is 0 Å². The number of likely N-dealkylation sites (N-methyl/N-ethyl adjacent to an activating group) is 1. The lowest BCUT2D eigenvalue weighted by atomic mass is 10.1. The molecule has 2 aliphatic rings. The highest BCUT2D eigenvalue weighted by atomic mass is 15.2. The predicted octanol–water partition coefficient (Wildman–Crippen LogP) is 2.58. The number of nitrogens with zero attached hydrogens (tertiary/aromatic N) is 4. The van der Waals surface area contributed by atoms with Crippen LogP contribution >= 0.6 is 0 Å². The third-order valence-corrected chi connectivity index (χ3v) is 4.56. The van der Waals surface area contributed by atoms with Crippen LogP contribution in [0.25, 0.3) is 11.0 Å². The Balaban J connectivity index is 1.76. The number of likely N-dealkylation sites (tertiary alicyclic amines) is 1. The van der Waals surface area contributed by atoms with Crippen molar-refractivity contribution in [3.05, 3.63) is 24.0 Å². The molecule has 19 heavy (non-hydrogen) atoms. The normalized spacial score (nSPS) is 25.0. The summed E-state index contributed by atoms with van der Waals surface area (Å²) in [5.41, 5.74) is 2.50. The molecule has 0 amide bonds. The summed E-state index contributed by atoms with van der Waals surface area (Å²) in [5.74, 6) is 0.739. The van der Waals surface area contributed by atoms with E-state index in [4.69, 9.17) is 0 Å². The van der Waals surface area contributed by atoms with Gasteiger partial charge in [-0.05, 0) is 56.8 Å². The van der Waals surface area contributed by atoms with Gasteiger partial charge in [0.15, 0.2) is 5.65 Å². The van der Waals surface area contributed by atoms with E-state index in [1.54, 1.807) is 0 Å². The summed E-state index contributed by atoms with van der Waals surface area (Å²) >= 11 is 0. The zero-order chi connectivity index (χ0) is 12.8. The Kier molecular flexibility index (Phi) is 2.58. The molecule has 1 aliphatic carbocycles. The fraction of sp³-hybridized carbons (Fsp3) is 0.600. The Morgan fingerprint density at radius 2 is 2.16 bits per heavy atom. The summed E-state index contributed by atoms with van der Waals surface area (Å²) in [6.45, 7) is 2.34. The maximum absolute atomic E-state index is 4.41. The molecule has 0 bridgehead atoms. The molecule has 1 saturated heterocycles. The van der Waals surface area contributed by atoms with Crippen molar-refractivity contribution in [2.75, 3.05) is 20.1 Å². The third-order valence-electron chi connectivity index (χ3n) is 4.56. The second-order valence-electron chi connectivity index (χ2n) is 6.09. The minimum atomic E-state index is 0.556. The number of rotatable bonds is 2. The molecule has 1 aliphatic heterocycles. The van der Waals surface area contributed by atoms with Crippen molar-refractivity contribution < 1.29 is 0 Å². The van der Waals surface area contributed by atoms with Gasteiger partial charge in [0.1, 0.15) is 0 Å². The van der Waals surface area contributed by atoms with Crippen LogP contribution < -0.4 is 0 Å². The van der Waals surface area contributed by atoms with Crippen LogP contribution in [0.2, 0.25) is 0 Å². The topological polar surface area (TPSA) is 34.0 Å². The van der Waals surface area contributed by atoms with Crippen molar-refractivity contribution in [3.8, 4) is 0 Å². The van der Waals surface area contributed by atoms with Crippen LogP contribution in [0.4, 0.5) is 0 Å². The lowest BCUT2D eigenvalue weighted by Gasteiger charge is -2.30. The van der Waals surface area contributed by atoms with Crippen LogP contribution in [0.15, 0.2) is 18.5 Å². The van der Waals surface area contributed by atoms with Crippen molar-refractivity contribution >= 4 is 11.0 Å². The first kappa shape index (κ1) is 11.4. The number of hydrogen-bond donors (Lipinski definition) is 0. The smallest absolute Gasteiger partial charge is 0.163 e. The van der Waals surface area contributed by atoms with Crippen molar-refractivity contribution in [2.24, 2.45) is 0 Å². The zero-order valence-electron chi connectivity index (χ0n) is 11.4. The maximum atomic E-state index is 4.41. The highest BCUT2D eigenvalue weighted by molar-refractivity contribution is 5.80. The summed E-state index contributed by atoms with van der Waals surface area (Å²) < 4.78 is 2.35. The van der Waals surface area contributed by atoms with Crippen LogP contribution in [0.3, 0.4) is 0 Å². The lowest BCUT2D eigenvalue weighted by Crippen LogP contribution is -2.33. The fourth-order valence-electron chi connectivity index (χ4n) is 3.37. The molecule has 1 atom stereocenters. The van der Waals surface area contributed by atoms with Gasteiger partial charge in [-0.15, -0.1) is 5.10 Å². The van der Waals surface area contributed by atoms with Gasteiger partial charge in [0, 0.05) is 24.2 Å². The Labute approximate surface area is 113 Å². The molecule has 0 radical (unpaired) electrons. The molecular formula is C15H20N4. The van der Waals surface area contributed by atoms with Crippen LogP contribution in [-0.2, 0) is 0 Å². The second kappa shape index (κ2) is 4.30. The molecule has 2 aromatic heterocycles. The van der Waals surface area contributed by atoms with Crippen molar-refractivity contribution in [1.82, 2.24) is 19.7 Å². The molecule has 3 heterocycles. The molecule has 4 heteroatoms. The van der Waals surface area contributed by atoms with Crippen LogP contribution in [-0.4, -0.2) is 39.8 Å². The van der Waals surface area contributed by atoms with Gasteiger partial charge < -0.3 is 9.47 Å². The first-order valence-electron chi connectivity index (χ1n) is 7.33. The third kappa shape index (κ3) is 1.94.